The molecule has 8 heteroatoms. The second kappa shape index (κ2) is 8.67. The van der Waals surface area contributed by atoms with Crippen LogP contribution in [0.25, 0.3) is 0 Å². The fourth-order valence-electron chi connectivity index (χ4n) is 1.88. The van der Waals surface area contributed by atoms with Gasteiger partial charge in [0.2, 0.25) is 0 Å². The van der Waals surface area contributed by atoms with E-state index in [2.05, 4.69) is 26.6 Å². The molecule has 2 N–H and O–H groups in total. The molecule has 24 heavy (non-hydrogen) atoms. The lowest BCUT2D eigenvalue weighted by Crippen LogP contribution is -2.34. The summed E-state index contributed by atoms with van der Waals surface area (Å²) in [5.41, 5.74) is 1.03. The molecule has 1 amide bonds. The third-order valence-electron chi connectivity index (χ3n) is 2.84. The monoisotopic (exact) mass is 446 g/mol. The number of thiocarbonyl (C=S) groups is 1. The van der Waals surface area contributed by atoms with Crippen LogP contribution in [0.4, 0.5) is 5.69 Å². The molecule has 0 aliphatic carbocycles. The number of nitrogens with one attached hydrogen (secondary N) is 2. The van der Waals surface area contributed by atoms with Crippen molar-refractivity contribution in [2.75, 3.05) is 11.9 Å². The van der Waals surface area contributed by atoms with Gasteiger partial charge in [-0.1, -0.05) is 23.2 Å². The topological polar surface area (TPSA) is 50.4 Å². The highest BCUT2D eigenvalue weighted by Gasteiger charge is 2.11. The zero-order valence-electron chi connectivity index (χ0n) is 12.5. The van der Waals surface area contributed by atoms with Gasteiger partial charge in [-0.25, -0.2) is 0 Å². The number of amides is 1. The van der Waals surface area contributed by atoms with Crippen LogP contribution in [-0.4, -0.2) is 17.6 Å². The second-order valence-corrected chi connectivity index (χ2v) is 6.78. The van der Waals surface area contributed by atoms with Crippen molar-refractivity contribution < 1.29 is 9.53 Å². The van der Waals surface area contributed by atoms with Gasteiger partial charge in [0.25, 0.3) is 5.91 Å². The van der Waals surface area contributed by atoms with Gasteiger partial charge in [-0.3, -0.25) is 10.1 Å². The molecule has 2 aromatic rings. The molecule has 0 saturated heterocycles. The van der Waals surface area contributed by atoms with E-state index < -0.39 is 0 Å². The Morgan fingerprint density at radius 1 is 1.21 bits per heavy atom. The van der Waals surface area contributed by atoms with Crippen LogP contribution in [0.1, 0.15) is 17.3 Å². The number of anilines is 1. The van der Waals surface area contributed by atoms with E-state index in [0.717, 1.165) is 0 Å². The van der Waals surface area contributed by atoms with Crippen LogP contribution in [0.15, 0.2) is 40.9 Å². The van der Waals surface area contributed by atoms with E-state index in [0.29, 0.717) is 38.1 Å². The largest absolute Gasteiger partial charge is 0.493 e. The Balaban J connectivity index is 2.03. The third-order valence-corrected chi connectivity index (χ3v) is 4.10. The average molecular weight is 448 g/mol. The summed E-state index contributed by atoms with van der Waals surface area (Å²) < 4.78 is 6.10. The van der Waals surface area contributed by atoms with Crippen LogP contribution < -0.4 is 15.4 Å². The lowest BCUT2D eigenvalue weighted by atomic mass is 10.2. The molecule has 0 atom stereocenters. The van der Waals surface area contributed by atoms with Gasteiger partial charge < -0.3 is 10.1 Å². The lowest BCUT2D eigenvalue weighted by Gasteiger charge is -2.11. The summed E-state index contributed by atoms with van der Waals surface area (Å²) in [5.74, 6) is 0.327. The number of benzene rings is 2. The Labute approximate surface area is 163 Å². The van der Waals surface area contributed by atoms with Crippen LogP contribution in [0.3, 0.4) is 0 Å². The summed E-state index contributed by atoms with van der Waals surface area (Å²) in [6.07, 6.45) is 0. The maximum Gasteiger partial charge on any atom is 0.257 e. The van der Waals surface area contributed by atoms with Crippen molar-refractivity contribution >= 4 is 68.1 Å². The fraction of sp³-hybridized carbons (Fsp3) is 0.125. The molecule has 0 saturated carbocycles. The minimum atomic E-state index is -0.343. The van der Waals surface area contributed by atoms with Crippen molar-refractivity contribution in [1.82, 2.24) is 5.32 Å². The van der Waals surface area contributed by atoms with Crippen molar-refractivity contribution in [2.45, 2.75) is 6.92 Å². The van der Waals surface area contributed by atoms with Crippen LogP contribution in [0, 0.1) is 0 Å². The van der Waals surface area contributed by atoms with E-state index in [9.17, 15) is 4.79 Å². The number of carbonyl (C=O) groups is 1. The van der Waals surface area contributed by atoms with Crippen molar-refractivity contribution in [3.8, 4) is 5.75 Å². The Morgan fingerprint density at radius 2 is 1.88 bits per heavy atom. The fourth-order valence-corrected chi connectivity index (χ4v) is 3.11. The Kier molecular flexibility index (Phi) is 6.86. The van der Waals surface area contributed by atoms with Gasteiger partial charge in [0, 0.05) is 21.3 Å². The highest BCUT2D eigenvalue weighted by Crippen LogP contribution is 2.26. The zero-order valence-corrected chi connectivity index (χ0v) is 16.4. The molecule has 0 aromatic heterocycles. The summed E-state index contributed by atoms with van der Waals surface area (Å²) in [4.78, 5) is 12.2. The van der Waals surface area contributed by atoms with Crippen molar-refractivity contribution in [3.05, 3.63) is 56.5 Å². The molecule has 0 bridgehead atoms. The molecule has 4 nitrogen and oxygen atoms in total. The van der Waals surface area contributed by atoms with Crippen LogP contribution in [0.5, 0.6) is 5.75 Å². The Hall–Kier alpha value is -1.34. The maximum atomic E-state index is 12.2. The predicted molar refractivity (Wildman–Crippen MR) is 105 cm³/mol. The van der Waals surface area contributed by atoms with E-state index in [-0.39, 0.29) is 11.0 Å². The van der Waals surface area contributed by atoms with Crippen LogP contribution >= 0.6 is 51.3 Å². The smallest absolute Gasteiger partial charge is 0.257 e. The first-order valence-electron chi connectivity index (χ1n) is 6.90. The Morgan fingerprint density at radius 3 is 2.46 bits per heavy atom. The predicted octanol–water partition coefficient (Wildman–Crippen LogP) is 5.28. The summed E-state index contributed by atoms with van der Waals surface area (Å²) in [7, 11) is 0. The lowest BCUT2D eigenvalue weighted by molar-refractivity contribution is 0.0977. The van der Waals surface area contributed by atoms with E-state index in [1.54, 1.807) is 36.4 Å². The average Bonchev–Trinajstić information content (AvgIpc) is 2.48. The van der Waals surface area contributed by atoms with Crippen molar-refractivity contribution in [3.63, 3.8) is 0 Å². The molecule has 0 aliphatic heterocycles. The SMILES string of the molecule is CCOc1ccc(C(=O)NC(=S)Nc2cc(Cl)cc(Cl)c2)cc1Br. The first-order valence-corrected chi connectivity index (χ1v) is 8.85. The highest BCUT2D eigenvalue weighted by molar-refractivity contribution is 9.10. The molecule has 0 aliphatic rings. The molecule has 2 aromatic carbocycles. The summed E-state index contributed by atoms with van der Waals surface area (Å²) in [6.45, 7) is 2.43. The van der Waals surface area contributed by atoms with Gasteiger partial charge in [0.05, 0.1) is 11.1 Å². The molecule has 126 valence electrons. The second-order valence-electron chi connectivity index (χ2n) is 4.64. The molecule has 0 radical (unpaired) electrons. The normalized spacial score (nSPS) is 10.2. The first kappa shape index (κ1) is 19.0. The van der Waals surface area contributed by atoms with E-state index in [4.69, 9.17) is 40.2 Å². The van der Waals surface area contributed by atoms with E-state index in [1.807, 2.05) is 6.92 Å². The number of hydrogen-bond acceptors (Lipinski definition) is 3. The van der Waals surface area contributed by atoms with Crippen molar-refractivity contribution in [1.29, 1.82) is 0 Å². The number of ether oxygens (including phenoxy) is 1. The van der Waals surface area contributed by atoms with Gasteiger partial charge >= 0.3 is 0 Å². The zero-order chi connectivity index (χ0) is 17.7. The number of hydrogen-bond donors (Lipinski definition) is 2. The van der Waals surface area contributed by atoms with Crippen LogP contribution in [-0.2, 0) is 0 Å². The molecule has 0 heterocycles. The maximum absolute atomic E-state index is 12.2. The minimum absolute atomic E-state index is 0.142. The van der Waals surface area contributed by atoms with E-state index >= 15 is 0 Å². The van der Waals surface area contributed by atoms with Gasteiger partial charge in [-0.05, 0) is 71.5 Å². The molecular weight excluding hydrogens is 435 g/mol. The Bertz CT molecular complexity index is 766. The highest BCUT2D eigenvalue weighted by atomic mass is 79.9. The van der Waals surface area contributed by atoms with Gasteiger partial charge in [0.1, 0.15) is 5.75 Å². The summed E-state index contributed by atoms with van der Waals surface area (Å²) in [5, 5.41) is 6.54. The van der Waals surface area contributed by atoms with Crippen molar-refractivity contribution in [2.24, 2.45) is 0 Å². The van der Waals surface area contributed by atoms with Gasteiger partial charge in [0.15, 0.2) is 5.11 Å². The number of halogens is 3. The van der Waals surface area contributed by atoms with E-state index in [1.165, 1.54) is 0 Å². The molecule has 0 spiro atoms. The van der Waals surface area contributed by atoms with Crippen LogP contribution in [0.2, 0.25) is 10.0 Å². The standard InChI is InChI=1S/C16H13BrCl2N2O2S/c1-2-23-14-4-3-9(5-13(14)17)15(22)21-16(24)20-12-7-10(18)6-11(19)8-12/h3-8H,2H2,1H3,(H2,20,21,22,24). The van der Waals surface area contributed by atoms with Gasteiger partial charge in [-0.2, -0.15) is 0 Å². The molecular formula is C16H13BrCl2N2O2S. The molecule has 0 unspecified atom stereocenters. The summed E-state index contributed by atoms with van der Waals surface area (Å²) in [6, 6.07) is 9.95. The number of carbonyl (C=O) groups excluding carboxylic acids is 1. The molecule has 2 rings (SSSR count). The van der Waals surface area contributed by atoms with Gasteiger partial charge in [-0.15, -0.1) is 0 Å². The number of rotatable bonds is 4. The third kappa shape index (κ3) is 5.34. The summed E-state index contributed by atoms with van der Waals surface area (Å²) >= 11 is 20.3. The minimum Gasteiger partial charge on any atom is -0.493 e. The first-order chi connectivity index (χ1) is 11.4. The quantitative estimate of drug-likeness (QED) is 0.626. The molecule has 0 fully saturated rings.